The predicted molar refractivity (Wildman–Crippen MR) is 74.2 cm³/mol. The van der Waals surface area contributed by atoms with Crippen LogP contribution < -0.4 is 0 Å². The molecule has 0 heteroatoms. The summed E-state index contributed by atoms with van der Waals surface area (Å²) in [5, 5.41) is 2.79. The van der Waals surface area contributed by atoms with Gasteiger partial charge in [0.2, 0.25) is 0 Å². The number of aryl methyl sites for hydroxylation is 2. The van der Waals surface area contributed by atoms with Crippen LogP contribution in [-0.4, -0.2) is 0 Å². The van der Waals surface area contributed by atoms with Crippen LogP contribution in [0.15, 0.2) is 24.3 Å². The van der Waals surface area contributed by atoms with Crippen LogP contribution >= 0.6 is 0 Å². The zero-order chi connectivity index (χ0) is 12.3. The zero-order valence-electron chi connectivity index (χ0n) is 11.3. The van der Waals surface area contributed by atoms with Gasteiger partial charge in [0, 0.05) is 0 Å². The first-order valence-electron chi connectivity index (χ1n) is 6.08. The summed E-state index contributed by atoms with van der Waals surface area (Å²) < 4.78 is 0. The molecule has 0 fully saturated rings. The van der Waals surface area contributed by atoms with E-state index in [4.69, 9.17) is 0 Å². The first-order chi connectivity index (χ1) is 7.63. The van der Waals surface area contributed by atoms with Gasteiger partial charge in [-0.2, -0.15) is 0 Å². The predicted octanol–water partition coefficient (Wildman–Crippen LogP) is 5.10. The molecule has 0 aliphatic heterocycles. The Morgan fingerprint density at radius 2 is 0.875 bits per heavy atom. The van der Waals surface area contributed by atoms with E-state index in [9.17, 15) is 0 Å². The molecular weight excluding hydrogens is 192 g/mol. The maximum atomic E-state index is 2.21. The highest BCUT2D eigenvalue weighted by molar-refractivity contribution is 5.90. The molecule has 86 valence electrons. The van der Waals surface area contributed by atoms with Crippen LogP contribution in [0.2, 0.25) is 0 Å². The van der Waals surface area contributed by atoms with Gasteiger partial charge in [0.1, 0.15) is 0 Å². The van der Waals surface area contributed by atoms with Crippen LogP contribution in [0.1, 0.15) is 36.1 Å². The smallest absolute Gasteiger partial charge is 0.0149 e. The second-order valence-electron chi connectivity index (χ2n) is 4.05. The van der Waals surface area contributed by atoms with E-state index >= 15 is 0 Å². The Labute approximate surface area is 99.3 Å². The molecule has 2 rings (SSSR count). The van der Waals surface area contributed by atoms with Crippen molar-refractivity contribution in [2.75, 3.05) is 0 Å². The van der Waals surface area contributed by atoms with Crippen molar-refractivity contribution in [1.29, 1.82) is 0 Å². The third-order valence-electron chi connectivity index (χ3n) is 3.42. The SMILES string of the molecule is CC.Cc1c(C)c(C)c2ccccc2c1C. The molecule has 0 aliphatic rings. The molecule has 0 spiro atoms. The van der Waals surface area contributed by atoms with E-state index in [0.29, 0.717) is 0 Å². The third kappa shape index (κ3) is 1.97. The molecule has 0 nitrogen and oxygen atoms in total. The van der Waals surface area contributed by atoms with Gasteiger partial charge < -0.3 is 0 Å². The Morgan fingerprint density at radius 3 is 1.19 bits per heavy atom. The molecule has 16 heavy (non-hydrogen) atoms. The lowest BCUT2D eigenvalue weighted by Crippen LogP contribution is -1.93. The highest BCUT2D eigenvalue weighted by Crippen LogP contribution is 2.28. The Hall–Kier alpha value is -1.30. The Morgan fingerprint density at radius 1 is 0.562 bits per heavy atom. The number of benzene rings is 2. The summed E-state index contributed by atoms with van der Waals surface area (Å²) in [7, 11) is 0. The standard InChI is InChI=1S/C14H16.C2H6/c1-9-10(2)12(4)14-8-6-5-7-13(14)11(9)3;1-2/h5-8H,1-4H3;1-2H3. The van der Waals surface area contributed by atoms with Crippen LogP contribution in [-0.2, 0) is 0 Å². The molecule has 0 amide bonds. The van der Waals surface area contributed by atoms with Gasteiger partial charge in [-0.1, -0.05) is 38.1 Å². The molecule has 2 aromatic rings. The number of hydrogen-bond acceptors (Lipinski definition) is 0. The molecular formula is C16H22. The van der Waals surface area contributed by atoms with Crippen LogP contribution in [0, 0.1) is 27.7 Å². The minimum absolute atomic E-state index is 1.40. The fourth-order valence-electron chi connectivity index (χ4n) is 2.10. The van der Waals surface area contributed by atoms with E-state index < -0.39 is 0 Å². The van der Waals surface area contributed by atoms with E-state index in [2.05, 4.69) is 52.0 Å². The molecule has 0 saturated heterocycles. The molecule has 0 atom stereocenters. The van der Waals surface area contributed by atoms with Crippen LogP contribution in [0.5, 0.6) is 0 Å². The van der Waals surface area contributed by atoms with Gasteiger partial charge in [-0.05, 0) is 60.7 Å². The highest BCUT2D eigenvalue weighted by Gasteiger charge is 2.07. The minimum atomic E-state index is 1.40. The minimum Gasteiger partial charge on any atom is -0.0683 e. The van der Waals surface area contributed by atoms with Crippen LogP contribution in [0.4, 0.5) is 0 Å². The summed E-state index contributed by atoms with van der Waals surface area (Å²) in [6.45, 7) is 12.8. The average Bonchev–Trinajstić information content (AvgIpc) is 2.36. The third-order valence-corrected chi connectivity index (χ3v) is 3.42. The van der Waals surface area contributed by atoms with E-state index in [-0.39, 0.29) is 0 Å². The zero-order valence-corrected chi connectivity index (χ0v) is 11.3. The first kappa shape index (κ1) is 12.8. The van der Waals surface area contributed by atoms with Crippen LogP contribution in [0.3, 0.4) is 0 Å². The molecule has 0 unspecified atom stereocenters. The summed E-state index contributed by atoms with van der Waals surface area (Å²) in [4.78, 5) is 0. The van der Waals surface area contributed by atoms with Crippen molar-refractivity contribution in [1.82, 2.24) is 0 Å². The maximum Gasteiger partial charge on any atom is -0.0149 e. The van der Waals surface area contributed by atoms with E-state index in [1.165, 1.54) is 33.0 Å². The second-order valence-corrected chi connectivity index (χ2v) is 4.05. The van der Waals surface area contributed by atoms with Crippen molar-refractivity contribution in [2.45, 2.75) is 41.5 Å². The lowest BCUT2D eigenvalue weighted by Gasteiger charge is -2.13. The van der Waals surface area contributed by atoms with E-state index in [1.54, 1.807) is 0 Å². The second kappa shape index (κ2) is 5.16. The van der Waals surface area contributed by atoms with Gasteiger partial charge in [-0.25, -0.2) is 0 Å². The largest absolute Gasteiger partial charge is 0.0683 e. The summed E-state index contributed by atoms with van der Waals surface area (Å²) >= 11 is 0. The highest BCUT2D eigenvalue weighted by atomic mass is 14.1. The quantitative estimate of drug-likeness (QED) is 0.572. The van der Waals surface area contributed by atoms with E-state index in [0.717, 1.165) is 0 Å². The van der Waals surface area contributed by atoms with E-state index in [1.807, 2.05) is 13.8 Å². The van der Waals surface area contributed by atoms with Gasteiger partial charge in [0.15, 0.2) is 0 Å². The molecule has 0 saturated carbocycles. The number of hydrogen-bond donors (Lipinski definition) is 0. The van der Waals surface area contributed by atoms with Crippen molar-refractivity contribution in [3.05, 3.63) is 46.5 Å². The lowest BCUT2D eigenvalue weighted by molar-refractivity contribution is 1.25. The monoisotopic (exact) mass is 214 g/mol. The maximum absolute atomic E-state index is 2.21. The molecule has 0 aliphatic carbocycles. The summed E-state index contributed by atoms with van der Waals surface area (Å²) in [5.41, 5.74) is 5.70. The van der Waals surface area contributed by atoms with Crippen molar-refractivity contribution in [3.63, 3.8) is 0 Å². The van der Waals surface area contributed by atoms with Gasteiger partial charge in [0.25, 0.3) is 0 Å². The summed E-state index contributed by atoms with van der Waals surface area (Å²) in [6.07, 6.45) is 0. The molecule has 0 aromatic heterocycles. The molecule has 0 N–H and O–H groups in total. The molecule has 2 aromatic carbocycles. The Kier molecular flexibility index (Phi) is 4.12. The number of fused-ring (bicyclic) bond motifs is 1. The van der Waals surface area contributed by atoms with Gasteiger partial charge >= 0.3 is 0 Å². The normalized spacial score (nSPS) is 9.88. The van der Waals surface area contributed by atoms with Crippen molar-refractivity contribution in [3.8, 4) is 0 Å². The van der Waals surface area contributed by atoms with Gasteiger partial charge in [-0.3, -0.25) is 0 Å². The van der Waals surface area contributed by atoms with Gasteiger partial charge in [0.05, 0.1) is 0 Å². The Bertz CT molecular complexity index is 446. The van der Waals surface area contributed by atoms with Gasteiger partial charge in [-0.15, -0.1) is 0 Å². The fraction of sp³-hybridized carbons (Fsp3) is 0.375. The first-order valence-corrected chi connectivity index (χ1v) is 6.08. The fourth-order valence-corrected chi connectivity index (χ4v) is 2.10. The van der Waals surface area contributed by atoms with Crippen molar-refractivity contribution in [2.24, 2.45) is 0 Å². The van der Waals surface area contributed by atoms with Crippen molar-refractivity contribution >= 4 is 10.8 Å². The number of rotatable bonds is 0. The van der Waals surface area contributed by atoms with Crippen molar-refractivity contribution < 1.29 is 0 Å². The molecule has 0 heterocycles. The molecule has 0 radical (unpaired) electrons. The Balaban J connectivity index is 0.000000606. The average molecular weight is 214 g/mol. The molecule has 0 bridgehead atoms. The summed E-state index contributed by atoms with van der Waals surface area (Å²) in [6, 6.07) is 8.65. The topological polar surface area (TPSA) is 0 Å². The summed E-state index contributed by atoms with van der Waals surface area (Å²) in [5.74, 6) is 0. The lowest BCUT2D eigenvalue weighted by atomic mass is 9.92. The van der Waals surface area contributed by atoms with Crippen LogP contribution in [0.25, 0.3) is 10.8 Å².